The first-order chi connectivity index (χ1) is 16.5. The Morgan fingerprint density at radius 2 is 1.68 bits per heavy atom. The number of para-hydroxylation sites is 1. The third kappa shape index (κ3) is 7.31. The Hall–Kier alpha value is -3.91. The second kappa shape index (κ2) is 12.4. The van der Waals surface area contributed by atoms with E-state index in [1.807, 2.05) is 62.4 Å². The first-order valence-electron chi connectivity index (χ1n) is 10.9. The van der Waals surface area contributed by atoms with Gasteiger partial charge in [0, 0.05) is 11.1 Å². The Morgan fingerprint density at radius 1 is 0.941 bits per heavy atom. The molecule has 8 heteroatoms. The van der Waals surface area contributed by atoms with Crippen LogP contribution >= 0.6 is 12.2 Å². The van der Waals surface area contributed by atoms with E-state index in [2.05, 4.69) is 16.2 Å². The summed E-state index contributed by atoms with van der Waals surface area (Å²) in [5.41, 5.74) is 7.18. The number of thiocarbonyl (C=S) groups is 1. The lowest BCUT2D eigenvalue weighted by Crippen LogP contribution is -2.49. The molecular weight excluding hydrogens is 450 g/mol. The van der Waals surface area contributed by atoms with E-state index in [0.717, 1.165) is 17.5 Å². The maximum atomic E-state index is 12.5. The van der Waals surface area contributed by atoms with Crippen LogP contribution in [0.25, 0.3) is 11.1 Å². The molecule has 3 aromatic carbocycles. The summed E-state index contributed by atoms with van der Waals surface area (Å²) in [5.74, 6) is 0.305. The molecule has 0 saturated heterocycles. The van der Waals surface area contributed by atoms with Gasteiger partial charge < -0.3 is 9.47 Å². The summed E-state index contributed by atoms with van der Waals surface area (Å²) < 4.78 is 11.4. The number of nitrogens with one attached hydrogen (secondary N) is 3. The van der Waals surface area contributed by atoms with Crippen molar-refractivity contribution in [2.24, 2.45) is 0 Å². The van der Waals surface area contributed by atoms with Crippen molar-refractivity contribution in [1.29, 1.82) is 0 Å². The lowest BCUT2D eigenvalue weighted by Gasteiger charge is -2.14. The topological polar surface area (TPSA) is 88.7 Å². The number of carbonyl (C=O) groups excluding carboxylic acids is 2. The molecule has 7 nitrogen and oxygen atoms in total. The minimum absolute atomic E-state index is 0.0399. The van der Waals surface area contributed by atoms with E-state index in [4.69, 9.17) is 21.7 Å². The van der Waals surface area contributed by atoms with Gasteiger partial charge in [0.1, 0.15) is 11.5 Å². The van der Waals surface area contributed by atoms with Gasteiger partial charge in [-0.05, 0) is 55.4 Å². The van der Waals surface area contributed by atoms with Crippen LogP contribution in [-0.2, 0) is 4.79 Å². The summed E-state index contributed by atoms with van der Waals surface area (Å²) in [6.07, 6.45) is 0.893. The molecule has 3 aromatic rings. The van der Waals surface area contributed by atoms with E-state index in [0.29, 0.717) is 17.1 Å². The first kappa shape index (κ1) is 24.7. The van der Waals surface area contributed by atoms with Gasteiger partial charge in [0.2, 0.25) is 0 Å². The van der Waals surface area contributed by atoms with Gasteiger partial charge in [0.25, 0.3) is 11.8 Å². The van der Waals surface area contributed by atoms with Crippen LogP contribution in [0.1, 0.15) is 30.6 Å². The van der Waals surface area contributed by atoms with E-state index in [-0.39, 0.29) is 17.8 Å². The third-order valence-electron chi connectivity index (χ3n) is 4.88. The zero-order valence-corrected chi connectivity index (χ0v) is 19.9. The van der Waals surface area contributed by atoms with Gasteiger partial charge in [0.05, 0.1) is 6.10 Å². The number of ether oxygens (including phenoxy) is 2. The molecule has 0 spiro atoms. The molecule has 0 heterocycles. The highest BCUT2D eigenvalue weighted by molar-refractivity contribution is 7.80. The Kier molecular flexibility index (Phi) is 8.99. The van der Waals surface area contributed by atoms with E-state index in [9.17, 15) is 9.59 Å². The van der Waals surface area contributed by atoms with E-state index in [1.165, 1.54) is 0 Å². The number of benzene rings is 3. The summed E-state index contributed by atoms with van der Waals surface area (Å²) in [7, 11) is 0. The van der Waals surface area contributed by atoms with Crippen LogP contribution < -0.4 is 25.6 Å². The molecule has 0 radical (unpaired) electrons. The predicted molar refractivity (Wildman–Crippen MR) is 136 cm³/mol. The molecule has 3 rings (SSSR count). The SMILES string of the molecule is CCC(C)Oc1cccc(C(=O)NC(=S)NNC(=O)COc2ccccc2-c2ccccc2)c1. The van der Waals surface area contributed by atoms with E-state index < -0.39 is 11.8 Å². The van der Waals surface area contributed by atoms with Crippen LogP contribution in [0.4, 0.5) is 0 Å². The molecule has 1 unspecified atom stereocenters. The summed E-state index contributed by atoms with van der Waals surface area (Å²) in [6, 6.07) is 24.0. The van der Waals surface area contributed by atoms with Gasteiger partial charge in [-0.25, -0.2) is 0 Å². The van der Waals surface area contributed by atoms with Crippen LogP contribution in [0.5, 0.6) is 11.5 Å². The van der Waals surface area contributed by atoms with Gasteiger partial charge in [-0.1, -0.05) is 61.5 Å². The normalized spacial score (nSPS) is 11.1. The summed E-state index contributed by atoms with van der Waals surface area (Å²) in [5, 5.41) is 2.48. The molecule has 3 N–H and O–H groups in total. The first-order valence-corrected chi connectivity index (χ1v) is 11.3. The summed E-state index contributed by atoms with van der Waals surface area (Å²) in [6.45, 7) is 3.74. The molecule has 0 bridgehead atoms. The maximum Gasteiger partial charge on any atom is 0.276 e. The molecular formula is C26H27N3O4S. The lowest BCUT2D eigenvalue weighted by atomic mass is 10.1. The van der Waals surface area contributed by atoms with Crippen molar-refractivity contribution in [2.45, 2.75) is 26.4 Å². The molecule has 0 fully saturated rings. The van der Waals surface area contributed by atoms with Crippen molar-refractivity contribution in [2.75, 3.05) is 6.61 Å². The highest BCUT2D eigenvalue weighted by Crippen LogP contribution is 2.29. The highest BCUT2D eigenvalue weighted by Gasteiger charge is 2.12. The molecule has 34 heavy (non-hydrogen) atoms. The van der Waals surface area contributed by atoms with Crippen LogP contribution in [0.2, 0.25) is 0 Å². The molecule has 0 aliphatic heterocycles. The van der Waals surface area contributed by atoms with E-state index >= 15 is 0 Å². The Balaban J connectivity index is 1.47. The highest BCUT2D eigenvalue weighted by atomic mass is 32.1. The zero-order chi connectivity index (χ0) is 24.3. The van der Waals surface area contributed by atoms with Crippen LogP contribution in [-0.4, -0.2) is 29.6 Å². The fraction of sp³-hybridized carbons (Fsp3) is 0.192. The largest absolute Gasteiger partial charge is 0.491 e. The summed E-state index contributed by atoms with van der Waals surface area (Å²) >= 11 is 5.10. The average Bonchev–Trinajstić information content (AvgIpc) is 2.87. The minimum atomic E-state index is -0.455. The number of hydrazine groups is 1. The van der Waals surface area contributed by atoms with Gasteiger partial charge in [-0.3, -0.25) is 25.8 Å². The van der Waals surface area contributed by atoms with Crippen LogP contribution in [0, 0.1) is 0 Å². The predicted octanol–water partition coefficient (Wildman–Crippen LogP) is 4.25. The van der Waals surface area contributed by atoms with Crippen LogP contribution in [0.3, 0.4) is 0 Å². The van der Waals surface area contributed by atoms with E-state index in [1.54, 1.807) is 30.3 Å². The standard InChI is InChI=1S/C26H27N3O4S/c1-3-18(2)33-21-13-9-12-20(16-21)25(31)27-26(34)29-28-24(30)17-32-23-15-8-7-14-22(23)19-10-5-4-6-11-19/h4-16,18H,3,17H2,1-2H3,(H,28,30)(H2,27,29,31,34). The molecule has 0 aliphatic carbocycles. The fourth-order valence-corrected chi connectivity index (χ4v) is 3.13. The average molecular weight is 478 g/mol. The second-order valence-corrected chi connectivity index (χ2v) is 7.88. The molecule has 1 atom stereocenters. The van der Waals surface area contributed by atoms with Gasteiger partial charge in [-0.2, -0.15) is 0 Å². The molecule has 0 aromatic heterocycles. The molecule has 0 aliphatic rings. The number of amides is 2. The van der Waals surface area contributed by atoms with Crippen molar-refractivity contribution in [3.05, 3.63) is 84.4 Å². The number of hydrogen-bond donors (Lipinski definition) is 3. The van der Waals surface area contributed by atoms with Crippen molar-refractivity contribution < 1.29 is 19.1 Å². The third-order valence-corrected chi connectivity index (χ3v) is 5.09. The quantitative estimate of drug-likeness (QED) is 0.332. The van der Waals surface area contributed by atoms with Crippen molar-refractivity contribution >= 4 is 29.1 Å². The van der Waals surface area contributed by atoms with Gasteiger partial charge in [-0.15, -0.1) is 0 Å². The Labute approximate surface area is 204 Å². The number of carbonyl (C=O) groups is 2. The number of hydrogen-bond acceptors (Lipinski definition) is 5. The van der Waals surface area contributed by atoms with Crippen molar-refractivity contribution in [3.63, 3.8) is 0 Å². The maximum absolute atomic E-state index is 12.5. The van der Waals surface area contributed by atoms with Gasteiger partial charge in [0.15, 0.2) is 11.7 Å². The minimum Gasteiger partial charge on any atom is -0.491 e. The monoisotopic (exact) mass is 477 g/mol. The Morgan fingerprint density at radius 3 is 2.44 bits per heavy atom. The Bertz CT molecular complexity index is 1140. The van der Waals surface area contributed by atoms with Gasteiger partial charge >= 0.3 is 0 Å². The van der Waals surface area contributed by atoms with Crippen LogP contribution in [0.15, 0.2) is 78.9 Å². The zero-order valence-electron chi connectivity index (χ0n) is 19.0. The van der Waals surface area contributed by atoms with Crippen molar-refractivity contribution in [1.82, 2.24) is 16.2 Å². The van der Waals surface area contributed by atoms with Crippen molar-refractivity contribution in [3.8, 4) is 22.6 Å². The fourth-order valence-electron chi connectivity index (χ4n) is 2.99. The second-order valence-electron chi connectivity index (χ2n) is 7.47. The molecule has 176 valence electrons. The lowest BCUT2D eigenvalue weighted by molar-refractivity contribution is -0.123. The summed E-state index contributed by atoms with van der Waals surface area (Å²) in [4.78, 5) is 24.7. The smallest absolute Gasteiger partial charge is 0.276 e. The molecule has 0 saturated carbocycles. The number of rotatable bonds is 8. The molecule has 2 amide bonds.